The average Bonchev–Trinajstić information content (AvgIpc) is 2.40. The second-order valence-electron chi connectivity index (χ2n) is 4.88. The molecule has 5 heteroatoms. The van der Waals surface area contributed by atoms with Gasteiger partial charge < -0.3 is 20.4 Å². The Kier molecular flexibility index (Phi) is 45.3. The molecule has 0 rings (SSSR count). The predicted molar refractivity (Wildman–Crippen MR) is 79.0 cm³/mol. The first-order valence-electron chi connectivity index (χ1n) is 7.71. The fourth-order valence-electron chi connectivity index (χ4n) is 0. The van der Waals surface area contributed by atoms with Gasteiger partial charge in [0, 0.05) is 0 Å². The van der Waals surface area contributed by atoms with Gasteiger partial charge in [-0.05, 0) is 0 Å². The molecule has 0 aliphatic rings. The smallest absolute Gasteiger partial charge is 0.852 e. The number of hydrogen-bond donors (Lipinski definition) is 0. The summed E-state index contributed by atoms with van der Waals surface area (Å²) in [5, 5.41) is 39.6. The van der Waals surface area contributed by atoms with Crippen molar-refractivity contribution in [2.75, 3.05) is 0 Å². The van der Waals surface area contributed by atoms with E-state index in [1.165, 1.54) is 0 Å². The minimum absolute atomic E-state index is 0. The molecule has 0 aliphatic heterocycles. The van der Waals surface area contributed by atoms with Crippen LogP contribution in [-0.2, 0) is 21.1 Å². The van der Waals surface area contributed by atoms with E-state index in [1.807, 2.05) is 27.7 Å². The molecule has 0 bridgehead atoms. The van der Waals surface area contributed by atoms with E-state index >= 15 is 0 Å². The van der Waals surface area contributed by atoms with E-state index in [-0.39, 0.29) is 45.5 Å². The maximum atomic E-state index is 9.90. The quantitative estimate of drug-likeness (QED) is 0.659. The van der Waals surface area contributed by atoms with Gasteiger partial charge in [-0.25, -0.2) is 0 Å². The maximum Gasteiger partial charge on any atom is 4.00 e. The first-order chi connectivity index (χ1) is 9.08. The van der Waals surface area contributed by atoms with E-state index in [2.05, 4.69) is 0 Å². The van der Waals surface area contributed by atoms with Crippen LogP contribution in [0.3, 0.4) is 0 Å². The molecule has 4 unspecified atom stereocenters. The van der Waals surface area contributed by atoms with Gasteiger partial charge in [-0.3, -0.25) is 0 Å². The van der Waals surface area contributed by atoms with Crippen molar-refractivity contribution in [2.45, 2.75) is 105 Å². The largest absolute Gasteiger partial charge is 4.00 e. The van der Waals surface area contributed by atoms with Gasteiger partial charge in [0.2, 0.25) is 0 Å². The molecular formula is C16H36MoO4. The van der Waals surface area contributed by atoms with Crippen molar-refractivity contribution in [3.8, 4) is 0 Å². The molecular weight excluding hydrogens is 352 g/mol. The van der Waals surface area contributed by atoms with Crippen molar-refractivity contribution in [3.05, 3.63) is 0 Å². The fraction of sp³-hybridized carbons (Fsp3) is 1.00. The normalized spacial score (nSPS) is 14.3. The first kappa shape index (κ1) is 33.2. The van der Waals surface area contributed by atoms with Gasteiger partial charge in [0.05, 0.1) is 0 Å². The Hall–Kier alpha value is 0.528. The molecule has 0 aromatic rings. The van der Waals surface area contributed by atoms with Crippen LogP contribution < -0.4 is 20.4 Å². The molecule has 4 nitrogen and oxygen atoms in total. The van der Waals surface area contributed by atoms with E-state index in [4.69, 9.17) is 0 Å². The van der Waals surface area contributed by atoms with Crippen molar-refractivity contribution >= 4 is 0 Å². The Morgan fingerprint density at radius 1 is 0.476 bits per heavy atom. The number of hydrogen-bond acceptors (Lipinski definition) is 4. The van der Waals surface area contributed by atoms with Crippen molar-refractivity contribution < 1.29 is 41.5 Å². The Labute approximate surface area is 147 Å². The van der Waals surface area contributed by atoms with Gasteiger partial charge in [-0.15, -0.1) is 24.4 Å². The molecule has 0 radical (unpaired) electrons. The zero-order chi connectivity index (χ0) is 17.1. The van der Waals surface area contributed by atoms with Gasteiger partial charge >= 0.3 is 21.1 Å². The number of rotatable bonds is 4. The molecule has 0 fully saturated rings. The molecule has 0 heterocycles. The van der Waals surface area contributed by atoms with Crippen LogP contribution in [0.15, 0.2) is 0 Å². The van der Waals surface area contributed by atoms with Crippen molar-refractivity contribution in [2.24, 2.45) is 0 Å². The summed E-state index contributed by atoms with van der Waals surface area (Å²) in [4.78, 5) is 0. The predicted octanol–water partition coefficient (Wildman–Crippen LogP) is 0.578. The van der Waals surface area contributed by atoms with Crippen molar-refractivity contribution in [3.63, 3.8) is 0 Å². The minimum Gasteiger partial charge on any atom is -0.852 e. The molecule has 0 saturated carbocycles. The Morgan fingerprint density at radius 3 is 0.524 bits per heavy atom. The van der Waals surface area contributed by atoms with E-state index in [0.29, 0.717) is 0 Å². The van der Waals surface area contributed by atoms with Crippen LogP contribution in [0.25, 0.3) is 0 Å². The average molecular weight is 388 g/mol. The standard InChI is InChI=1S/4C4H9O.Mo/c4*1-3-4(2)5;/h4*4H,3H2,1-2H3;/q4*-1;+4. The SMILES string of the molecule is CCC(C)[O-].CCC(C)[O-].CCC(C)[O-].CCC(C)[O-].[Mo+4]. The van der Waals surface area contributed by atoms with Gasteiger partial charge in [0.15, 0.2) is 0 Å². The van der Waals surface area contributed by atoms with Crippen molar-refractivity contribution in [1.29, 1.82) is 0 Å². The Morgan fingerprint density at radius 2 is 0.524 bits per heavy atom. The van der Waals surface area contributed by atoms with E-state index < -0.39 is 0 Å². The Balaban J connectivity index is -0.0000000533. The van der Waals surface area contributed by atoms with Crippen LogP contribution >= 0.6 is 0 Å². The van der Waals surface area contributed by atoms with Crippen LogP contribution in [0.2, 0.25) is 0 Å². The van der Waals surface area contributed by atoms with Crippen LogP contribution in [0.4, 0.5) is 0 Å². The summed E-state index contributed by atoms with van der Waals surface area (Å²) in [6.07, 6.45) is 1.54. The third-order valence-corrected chi connectivity index (χ3v) is 2.30. The molecule has 0 amide bonds. The molecule has 130 valence electrons. The fourth-order valence-corrected chi connectivity index (χ4v) is 0. The van der Waals surface area contributed by atoms with Gasteiger partial charge in [-0.2, -0.15) is 0 Å². The summed E-state index contributed by atoms with van der Waals surface area (Å²) in [6, 6.07) is 0. The van der Waals surface area contributed by atoms with Crippen LogP contribution in [-0.4, -0.2) is 24.4 Å². The van der Waals surface area contributed by atoms with Gasteiger partial charge in [-0.1, -0.05) is 81.1 Å². The molecule has 0 spiro atoms. The third kappa shape index (κ3) is 96.9. The second-order valence-corrected chi connectivity index (χ2v) is 4.88. The summed E-state index contributed by atoms with van der Waals surface area (Å²) in [6.45, 7) is 14.2. The van der Waals surface area contributed by atoms with Crippen LogP contribution in [0.5, 0.6) is 0 Å². The zero-order valence-corrected chi connectivity index (χ0v) is 17.2. The molecule has 0 aromatic heterocycles. The van der Waals surface area contributed by atoms with E-state index in [9.17, 15) is 20.4 Å². The molecule has 0 N–H and O–H groups in total. The van der Waals surface area contributed by atoms with Gasteiger partial charge in [0.25, 0.3) is 0 Å². The molecule has 0 aromatic carbocycles. The molecule has 4 atom stereocenters. The Bertz CT molecular complexity index is 108. The van der Waals surface area contributed by atoms with Gasteiger partial charge in [0.1, 0.15) is 0 Å². The van der Waals surface area contributed by atoms with E-state index in [0.717, 1.165) is 25.7 Å². The first-order valence-corrected chi connectivity index (χ1v) is 7.71. The van der Waals surface area contributed by atoms with Crippen LogP contribution in [0.1, 0.15) is 81.1 Å². The maximum absolute atomic E-state index is 9.90. The second kappa shape index (κ2) is 28.7. The summed E-state index contributed by atoms with van der Waals surface area (Å²) in [5.74, 6) is 0. The topological polar surface area (TPSA) is 92.2 Å². The molecule has 0 aliphatic carbocycles. The summed E-state index contributed by atoms with van der Waals surface area (Å²) >= 11 is 0. The van der Waals surface area contributed by atoms with Crippen LogP contribution in [0, 0.1) is 0 Å². The monoisotopic (exact) mass is 390 g/mol. The summed E-state index contributed by atoms with van der Waals surface area (Å²) in [5.41, 5.74) is 0. The summed E-state index contributed by atoms with van der Waals surface area (Å²) in [7, 11) is 0. The molecule has 21 heavy (non-hydrogen) atoms. The minimum atomic E-state index is -0.366. The summed E-state index contributed by atoms with van der Waals surface area (Å²) < 4.78 is 0. The van der Waals surface area contributed by atoms with Crippen molar-refractivity contribution in [1.82, 2.24) is 0 Å². The third-order valence-electron chi connectivity index (χ3n) is 2.30. The molecule has 0 saturated heterocycles. The zero-order valence-electron chi connectivity index (χ0n) is 15.2. The van der Waals surface area contributed by atoms with E-state index in [1.54, 1.807) is 27.7 Å².